The van der Waals surface area contributed by atoms with Crippen LogP contribution in [0, 0.1) is 0 Å². The first-order valence-corrected chi connectivity index (χ1v) is 13.4. The third kappa shape index (κ3) is 5.96. The minimum Gasteiger partial charge on any atom is -0.497 e. The van der Waals surface area contributed by atoms with Gasteiger partial charge in [0.25, 0.3) is 5.91 Å². The number of nitrogens with zero attached hydrogens (tertiary/aromatic N) is 1. The fourth-order valence-corrected chi connectivity index (χ4v) is 5.33. The molecule has 11 nitrogen and oxygen atoms in total. The molecule has 1 aliphatic heterocycles. The van der Waals surface area contributed by atoms with Crippen LogP contribution in [-0.4, -0.2) is 91.2 Å². The molecule has 0 bridgehead atoms. The highest BCUT2D eigenvalue weighted by Crippen LogP contribution is 2.51. The van der Waals surface area contributed by atoms with Gasteiger partial charge in [-0.15, -0.1) is 0 Å². The van der Waals surface area contributed by atoms with E-state index in [2.05, 4.69) is 5.32 Å². The zero-order valence-electron chi connectivity index (χ0n) is 23.2. The van der Waals surface area contributed by atoms with Crippen LogP contribution in [0.15, 0.2) is 48.0 Å². The summed E-state index contributed by atoms with van der Waals surface area (Å²) in [5.41, 5.74) is 1.78. The summed E-state index contributed by atoms with van der Waals surface area (Å²) in [5.74, 6) is -1.62. The third-order valence-electron chi connectivity index (χ3n) is 7.37. The molecule has 2 amide bonds. The second-order valence-corrected chi connectivity index (χ2v) is 9.78. The number of nitrogens with one attached hydrogen (secondary N) is 1. The molecule has 2 aliphatic rings. The highest BCUT2D eigenvalue weighted by molar-refractivity contribution is 6.36. The van der Waals surface area contributed by atoms with Gasteiger partial charge in [0.05, 0.1) is 32.8 Å². The Morgan fingerprint density at radius 1 is 1.15 bits per heavy atom. The summed E-state index contributed by atoms with van der Waals surface area (Å²) in [7, 11) is 2.96. The van der Waals surface area contributed by atoms with E-state index in [9.17, 15) is 29.4 Å². The molecule has 2 aromatic carbocycles. The summed E-state index contributed by atoms with van der Waals surface area (Å²) >= 11 is 0. The van der Waals surface area contributed by atoms with Crippen LogP contribution in [0.2, 0.25) is 0 Å². The number of amides is 2. The normalized spacial score (nSPS) is 20.6. The number of carbonyl (C=O) groups is 4. The topological polar surface area (TPSA) is 152 Å². The molecule has 1 heterocycles. The SMILES string of the molecule is CCC(=O)C(=O)N(CCc1cccc(OC)c1)[C@@H]1C=C(C(=O)NCCO)[C@@H]2c3cc(C=O)cc(OC)c3O[C@@H]2[C@H]1O. The molecular formula is C30H34N2O9. The van der Waals surface area contributed by atoms with Gasteiger partial charge in [0.1, 0.15) is 24.2 Å². The summed E-state index contributed by atoms with van der Waals surface area (Å²) in [5, 5.41) is 23.6. The number of methoxy groups -OCH3 is 2. The van der Waals surface area contributed by atoms with Crippen LogP contribution >= 0.6 is 0 Å². The van der Waals surface area contributed by atoms with Crippen LogP contribution in [0.25, 0.3) is 0 Å². The minimum absolute atomic E-state index is 0.0288. The van der Waals surface area contributed by atoms with Crippen molar-refractivity contribution >= 4 is 23.9 Å². The van der Waals surface area contributed by atoms with Crippen molar-refractivity contribution in [2.45, 2.75) is 43.9 Å². The van der Waals surface area contributed by atoms with E-state index in [0.29, 0.717) is 29.6 Å². The number of benzene rings is 2. The van der Waals surface area contributed by atoms with E-state index in [0.717, 1.165) is 5.56 Å². The van der Waals surface area contributed by atoms with Gasteiger partial charge in [-0.3, -0.25) is 19.2 Å². The summed E-state index contributed by atoms with van der Waals surface area (Å²) < 4.78 is 16.9. The Hall–Kier alpha value is -4.22. The summed E-state index contributed by atoms with van der Waals surface area (Å²) in [6.45, 7) is 1.31. The fourth-order valence-electron chi connectivity index (χ4n) is 5.33. The van der Waals surface area contributed by atoms with Crippen molar-refractivity contribution in [1.82, 2.24) is 10.2 Å². The number of hydrogen-bond donors (Lipinski definition) is 3. The van der Waals surface area contributed by atoms with Crippen LogP contribution in [-0.2, 0) is 20.8 Å². The maximum atomic E-state index is 13.4. The lowest BCUT2D eigenvalue weighted by atomic mass is 9.77. The summed E-state index contributed by atoms with van der Waals surface area (Å²) in [6.07, 6.45) is 0.0468. The number of fused-ring (bicyclic) bond motifs is 3. The van der Waals surface area contributed by atoms with E-state index in [4.69, 9.17) is 14.2 Å². The Morgan fingerprint density at radius 2 is 1.93 bits per heavy atom. The number of Topliss-reactive ketones (excluding diaryl/α,β-unsaturated/α-hetero) is 1. The van der Waals surface area contributed by atoms with E-state index >= 15 is 0 Å². The predicted octanol–water partition coefficient (Wildman–Crippen LogP) is 1.19. The van der Waals surface area contributed by atoms with Gasteiger partial charge in [0.2, 0.25) is 11.7 Å². The van der Waals surface area contributed by atoms with Crippen molar-refractivity contribution in [2.75, 3.05) is 33.9 Å². The van der Waals surface area contributed by atoms with Crippen molar-refractivity contribution < 1.29 is 43.6 Å². The molecule has 0 saturated carbocycles. The largest absolute Gasteiger partial charge is 0.497 e. The van der Waals surface area contributed by atoms with Crippen LogP contribution in [0.4, 0.5) is 0 Å². The number of aliphatic hydroxyl groups excluding tert-OH is 2. The Balaban J connectivity index is 1.78. The number of ketones is 1. The van der Waals surface area contributed by atoms with Gasteiger partial charge in [-0.05, 0) is 42.3 Å². The molecule has 1 aliphatic carbocycles. The van der Waals surface area contributed by atoms with Crippen molar-refractivity contribution in [3.05, 3.63) is 64.7 Å². The van der Waals surface area contributed by atoms with Gasteiger partial charge in [0, 0.05) is 36.2 Å². The molecule has 0 fully saturated rings. The maximum absolute atomic E-state index is 13.4. The number of rotatable bonds is 12. The van der Waals surface area contributed by atoms with Gasteiger partial charge in [-0.2, -0.15) is 0 Å². The van der Waals surface area contributed by atoms with Crippen LogP contribution in [0.1, 0.15) is 40.7 Å². The van der Waals surface area contributed by atoms with Gasteiger partial charge < -0.3 is 34.6 Å². The quantitative estimate of drug-likeness (QED) is 0.254. The van der Waals surface area contributed by atoms with Gasteiger partial charge in [0.15, 0.2) is 11.5 Å². The fraction of sp³-hybridized carbons (Fsp3) is 0.400. The molecule has 0 unspecified atom stereocenters. The van der Waals surface area contributed by atoms with Crippen LogP contribution < -0.4 is 19.5 Å². The number of aldehydes is 1. The molecule has 0 spiro atoms. The second-order valence-electron chi connectivity index (χ2n) is 9.78. The van der Waals surface area contributed by atoms with Gasteiger partial charge >= 0.3 is 0 Å². The molecule has 0 radical (unpaired) electrons. The Kier molecular flexibility index (Phi) is 9.41. The molecule has 2 aromatic rings. The van der Waals surface area contributed by atoms with Crippen LogP contribution in [0.3, 0.4) is 0 Å². The molecule has 41 heavy (non-hydrogen) atoms. The molecule has 4 atom stereocenters. The molecule has 0 saturated heterocycles. The maximum Gasteiger partial charge on any atom is 0.290 e. The number of ether oxygens (including phenoxy) is 3. The van der Waals surface area contributed by atoms with Crippen molar-refractivity contribution in [3.8, 4) is 17.2 Å². The number of carbonyl (C=O) groups excluding carboxylic acids is 4. The molecule has 11 heteroatoms. The summed E-state index contributed by atoms with van der Waals surface area (Å²) in [6, 6.07) is 9.24. The van der Waals surface area contributed by atoms with Gasteiger partial charge in [-0.25, -0.2) is 0 Å². The minimum atomic E-state index is -1.34. The molecule has 218 valence electrons. The zero-order valence-corrected chi connectivity index (χ0v) is 23.2. The van der Waals surface area contributed by atoms with Crippen molar-refractivity contribution in [1.29, 1.82) is 0 Å². The Morgan fingerprint density at radius 3 is 2.59 bits per heavy atom. The Labute approximate surface area is 237 Å². The van der Waals surface area contributed by atoms with E-state index in [1.807, 2.05) is 18.2 Å². The predicted molar refractivity (Wildman–Crippen MR) is 147 cm³/mol. The van der Waals surface area contributed by atoms with Crippen molar-refractivity contribution in [2.24, 2.45) is 0 Å². The average Bonchev–Trinajstić information content (AvgIpc) is 3.39. The van der Waals surface area contributed by atoms with E-state index < -0.39 is 41.8 Å². The van der Waals surface area contributed by atoms with Gasteiger partial charge in [-0.1, -0.05) is 19.1 Å². The smallest absolute Gasteiger partial charge is 0.290 e. The van der Waals surface area contributed by atoms with E-state index in [-0.39, 0.29) is 43.2 Å². The Bertz CT molecular complexity index is 1360. The molecular weight excluding hydrogens is 532 g/mol. The lowest BCUT2D eigenvalue weighted by Crippen LogP contribution is -2.57. The first-order chi connectivity index (χ1) is 19.8. The first-order valence-electron chi connectivity index (χ1n) is 13.4. The highest BCUT2D eigenvalue weighted by Gasteiger charge is 2.51. The van der Waals surface area contributed by atoms with Crippen molar-refractivity contribution in [3.63, 3.8) is 0 Å². The monoisotopic (exact) mass is 566 g/mol. The molecule has 4 rings (SSSR count). The molecule has 0 aromatic heterocycles. The third-order valence-corrected chi connectivity index (χ3v) is 7.37. The highest BCUT2D eigenvalue weighted by atomic mass is 16.5. The molecule has 3 N–H and O–H groups in total. The number of hydrogen-bond acceptors (Lipinski definition) is 9. The van der Waals surface area contributed by atoms with Crippen LogP contribution in [0.5, 0.6) is 17.2 Å². The standard InChI is InChI=1S/C30H34N2O9/c1-4-23(35)30(38)32(10-8-17-6-5-7-19(12-17)39-2)22-15-21(29(37)31-9-11-33)25-20-13-18(16-34)14-24(40-3)27(20)41-28(25)26(22)36/h5-7,12-16,22,25-26,28,33,36H,4,8-11H2,1-3H3,(H,31,37)/t22-,25+,26+,28+/m1/s1. The second kappa shape index (κ2) is 13.0. The van der Waals surface area contributed by atoms with E-state index in [1.165, 1.54) is 24.2 Å². The summed E-state index contributed by atoms with van der Waals surface area (Å²) in [4.78, 5) is 52.3. The lowest BCUT2D eigenvalue weighted by molar-refractivity contribution is -0.148. The zero-order chi connectivity index (χ0) is 29.7. The first kappa shape index (κ1) is 29.8. The number of aliphatic hydroxyl groups is 2. The van der Waals surface area contributed by atoms with E-state index in [1.54, 1.807) is 26.2 Å². The average molecular weight is 567 g/mol. The lowest BCUT2D eigenvalue weighted by Gasteiger charge is -2.40.